The molecule has 0 aliphatic heterocycles. The Morgan fingerprint density at radius 2 is 1.95 bits per heavy atom. The first-order valence-electron chi connectivity index (χ1n) is 6.96. The average molecular weight is 292 g/mol. The zero-order valence-corrected chi connectivity index (χ0v) is 12.4. The van der Waals surface area contributed by atoms with Gasteiger partial charge in [0.1, 0.15) is 5.82 Å². The van der Waals surface area contributed by atoms with Gasteiger partial charge in [0.05, 0.1) is 5.52 Å². The van der Waals surface area contributed by atoms with E-state index >= 15 is 0 Å². The molecule has 2 heterocycles. The zero-order chi connectivity index (χ0) is 15.5. The van der Waals surface area contributed by atoms with Crippen LogP contribution in [0.25, 0.3) is 22.0 Å². The van der Waals surface area contributed by atoms with Crippen molar-refractivity contribution in [3.05, 3.63) is 48.3 Å². The van der Waals surface area contributed by atoms with Crippen LogP contribution in [0.3, 0.4) is 0 Å². The molecular formula is C17H16N4O. The predicted octanol–water partition coefficient (Wildman–Crippen LogP) is 3.22. The minimum absolute atomic E-state index is 0.677. The van der Waals surface area contributed by atoms with Gasteiger partial charge in [-0.1, -0.05) is 6.07 Å². The smallest absolute Gasteiger partial charge is 0.211 e. The van der Waals surface area contributed by atoms with Gasteiger partial charge >= 0.3 is 0 Å². The van der Waals surface area contributed by atoms with Crippen molar-refractivity contribution in [2.24, 2.45) is 0 Å². The molecule has 0 bridgehead atoms. The second kappa shape index (κ2) is 5.81. The van der Waals surface area contributed by atoms with Gasteiger partial charge in [0, 0.05) is 42.1 Å². The molecule has 0 unspecified atom stereocenters. The zero-order valence-electron chi connectivity index (χ0n) is 12.4. The Morgan fingerprint density at radius 3 is 2.73 bits per heavy atom. The van der Waals surface area contributed by atoms with Crippen LogP contribution in [0.15, 0.2) is 42.7 Å². The van der Waals surface area contributed by atoms with Crippen LogP contribution < -0.4 is 10.6 Å². The van der Waals surface area contributed by atoms with Gasteiger partial charge in [-0.2, -0.15) is 0 Å². The maximum Gasteiger partial charge on any atom is 0.211 e. The fourth-order valence-electron chi connectivity index (χ4n) is 2.40. The summed E-state index contributed by atoms with van der Waals surface area (Å²) in [6.07, 6.45) is 4.33. The third-order valence-corrected chi connectivity index (χ3v) is 3.60. The van der Waals surface area contributed by atoms with Gasteiger partial charge in [0.15, 0.2) is 0 Å². The highest BCUT2D eigenvalue weighted by atomic mass is 16.1. The Bertz CT molecular complexity index is 845. The predicted molar refractivity (Wildman–Crippen MR) is 88.9 cm³/mol. The second-order valence-corrected chi connectivity index (χ2v) is 5.03. The van der Waals surface area contributed by atoms with E-state index in [1.807, 2.05) is 44.4 Å². The van der Waals surface area contributed by atoms with Crippen LogP contribution >= 0.6 is 0 Å². The van der Waals surface area contributed by atoms with Crippen LogP contribution in [0, 0.1) is 6.92 Å². The highest BCUT2D eigenvalue weighted by Crippen LogP contribution is 2.28. The number of pyridine rings is 2. The SMILES string of the molecule is CNc1cc2ncc(-c3cc(NC=O)ccc3C)cc2cn1. The maximum atomic E-state index is 10.6. The topological polar surface area (TPSA) is 66.9 Å². The Labute approximate surface area is 128 Å². The lowest BCUT2D eigenvalue weighted by atomic mass is 10.0. The van der Waals surface area contributed by atoms with E-state index in [-0.39, 0.29) is 0 Å². The number of hydrogen-bond donors (Lipinski definition) is 2. The van der Waals surface area contributed by atoms with E-state index in [1.165, 1.54) is 0 Å². The first-order valence-corrected chi connectivity index (χ1v) is 6.96. The molecule has 1 aromatic carbocycles. The van der Waals surface area contributed by atoms with E-state index in [1.54, 1.807) is 6.20 Å². The quantitative estimate of drug-likeness (QED) is 0.725. The lowest BCUT2D eigenvalue weighted by molar-refractivity contribution is -0.105. The van der Waals surface area contributed by atoms with Crippen LogP contribution in [-0.4, -0.2) is 23.4 Å². The Morgan fingerprint density at radius 1 is 1.09 bits per heavy atom. The standard InChI is InChI=1S/C17H16N4O/c1-11-3-4-14(21-10-22)6-15(11)12-5-13-9-20-17(18-2)7-16(13)19-8-12/h3-10H,1-2H3,(H,18,20)(H,21,22). The van der Waals surface area contributed by atoms with E-state index in [2.05, 4.69) is 26.7 Å². The number of aryl methyl sites for hydroxylation is 1. The molecule has 0 aliphatic carbocycles. The lowest BCUT2D eigenvalue weighted by Gasteiger charge is -2.09. The molecule has 0 fully saturated rings. The number of rotatable bonds is 4. The minimum Gasteiger partial charge on any atom is -0.373 e. The Hall–Kier alpha value is -2.95. The highest BCUT2D eigenvalue weighted by Gasteiger charge is 2.06. The number of anilines is 2. The summed E-state index contributed by atoms with van der Waals surface area (Å²) in [6, 6.07) is 9.77. The van der Waals surface area contributed by atoms with Crippen molar-refractivity contribution in [1.29, 1.82) is 0 Å². The molecule has 0 spiro atoms. The lowest BCUT2D eigenvalue weighted by Crippen LogP contribution is -1.95. The van der Waals surface area contributed by atoms with Crippen molar-refractivity contribution in [1.82, 2.24) is 9.97 Å². The summed E-state index contributed by atoms with van der Waals surface area (Å²) in [5.41, 5.74) is 4.82. The molecule has 5 nitrogen and oxygen atoms in total. The molecule has 0 saturated heterocycles. The van der Waals surface area contributed by atoms with Crippen molar-refractivity contribution in [2.45, 2.75) is 6.92 Å². The number of carbonyl (C=O) groups is 1. The number of fused-ring (bicyclic) bond motifs is 1. The summed E-state index contributed by atoms with van der Waals surface area (Å²) in [5, 5.41) is 6.66. The number of nitrogens with one attached hydrogen (secondary N) is 2. The minimum atomic E-state index is 0.677. The molecule has 3 aromatic rings. The van der Waals surface area contributed by atoms with E-state index in [4.69, 9.17) is 0 Å². The van der Waals surface area contributed by atoms with Gasteiger partial charge in [-0.25, -0.2) is 4.98 Å². The van der Waals surface area contributed by atoms with Crippen molar-refractivity contribution >= 4 is 28.8 Å². The summed E-state index contributed by atoms with van der Waals surface area (Å²) in [6.45, 7) is 2.03. The van der Waals surface area contributed by atoms with Crippen molar-refractivity contribution in [3.8, 4) is 11.1 Å². The Balaban J connectivity index is 2.10. The van der Waals surface area contributed by atoms with Gasteiger partial charge in [-0.3, -0.25) is 9.78 Å². The molecule has 5 heteroatoms. The van der Waals surface area contributed by atoms with Crippen LogP contribution in [-0.2, 0) is 4.79 Å². The number of aromatic nitrogens is 2. The molecule has 0 saturated carbocycles. The summed E-state index contributed by atoms with van der Waals surface area (Å²) >= 11 is 0. The molecule has 0 aliphatic rings. The summed E-state index contributed by atoms with van der Waals surface area (Å²) in [5.74, 6) is 0.793. The van der Waals surface area contributed by atoms with Crippen LogP contribution in [0.1, 0.15) is 5.56 Å². The number of amides is 1. The molecule has 2 N–H and O–H groups in total. The van der Waals surface area contributed by atoms with E-state index in [0.717, 1.165) is 39.1 Å². The maximum absolute atomic E-state index is 10.6. The average Bonchev–Trinajstić information content (AvgIpc) is 2.56. The Kier molecular flexibility index (Phi) is 3.70. The van der Waals surface area contributed by atoms with Crippen molar-refractivity contribution < 1.29 is 4.79 Å². The van der Waals surface area contributed by atoms with E-state index in [9.17, 15) is 4.79 Å². The summed E-state index contributed by atoms with van der Waals surface area (Å²) < 4.78 is 0. The molecule has 0 atom stereocenters. The van der Waals surface area contributed by atoms with Gasteiger partial charge in [-0.05, 0) is 36.2 Å². The van der Waals surface area contributed by atoms with Crippen molar-refractivity contribution in [3.63, 3.8) is 0 Å². The molecule has 1 amide bonds. The number of carbonyl (C=O) groups excluding carboxylic acids is 1. The van der Waals surface area contributed by atoms with Crippen LogP contribution in [0.2, 0.25) is 0 Å². The van der Waals surface area contributed by atoms with Crippen LogP contribution in [0.5, 0.6) is 0 Å². The second-order valence-electron chi connectivity index (χ2n) is 5.03. The normalized spacial score (nSPS) is 10.5. The summed E-state index contributed by atoms with van der Waals surface area (Å²) in [4.78, 5) is 19.4. The van der Waals surface area contributed by atoms with E-state index < -0.39 is 0 Å². The monoisotopic (exact) mass is 292 g/mol. The first kappa shape index (κ1) is 14.0. The molecule has 3 rings (SSSR count). The third kappa shape index (κ3) is 2.61. The number of hydrogen-bond acceptors (Lipinski definition) is 4. The van der Waals surface area contributed by atoms with E-state index in [0.29, 0.717) is 6.41 Å². The molecule has 110 valence electrons. The number of nitrogens with zero attached hydrogens (tertiary/aromatic N) is 2. The van der Waals surface area contributed by atoms with Crippen LogP contribution in [0.4, 0.5) is 11.5 Å². The molecule has 22 heavy (non-hydrogen) atoms. The fraction of sp³-hybridized carbons (Fsp3) is 0.118. The van der Waals surface area contributed by atoms with Gasteiger partial charge in [-0.15, -0.1) is 0 Å². The van der Waals surface area contributed by atoms with Gasteiger partial charge in [0.25, 0.3) is 0 Å². The molecular weight excluding hydrogens is 276 g/mol. The fourth-order valence-corrected chi connectivity index (χ4v) is 2.40. The van der Waals surface area contributed by atoms with Crippen molar-refractivity contribution in [2.75, 3.05) is 17.7 Å². The number of benzene rings is 1. The largest absolute Gasteiger partial charge is 0.373 e. The first-order chi connectivity index (χ1) is 10.7. The molecule has 2 aromatic heterocycles. The van der Waals surface area contributed by atoms with Gasteiger partial charge < -0.3 is 10.6 Å². The highest BCUT2D eigenvalue weighted by molar-refractivity contribution is 5.86. The third-order valence-electron chi connectivity index (χ3n) is 3.60. The molecule has 0 radical (unpaired) electrons. The summed E-state index contributed by atoms with van der Waals surface area (Å²) in [7, 11) is 1.83. The van der Waals surface area contributed by atoms with Gasteiger partial charge in [0.2, 0.25) is 6.41 Å².